The number of nitrogens with one attached hydrogen (secondary N) is 4. The van der Waals surface area contributed by atoms with Crippen molar-refractivity contribution in [1.82, 2.24) is 35.7 Å². The van der Waals surface area contributed by atoms with Gasteiger partial charge in [-0.15, -0.1) is 0 Å². The third-order valence-corrected chi connectivity index (χ3v) is 10.7. The largest absolute Gasteiger partial charge is 0.453 e. The Bertz CT molecular complexity index is 2370. The number of H-pyrrole nitrogens is 1. The van der Waals surface area contributed by atoms with Crippen LogP contribution < -0.4 is 16.0 Å². The number of benzene rings is 4. The molecule has 14 heteroatoms. The van der Waals surface area contributed by atoms with E-state index in [0.29, 0.717) is 35.6 Å². The maximum Gasteiger partial charge on any atom is 0.407 e. The second-order valence-electron chi connectivity index (χ2n) is 14.4. The van der Waals surface area contributed by atoms with Gasteiger partial charge >= 0.3 is 12.2 Å². The van der Waals surface area contributed by atoms with Gasteiger partial charge < -0.3 is 40.2 Å². The lowest BCUT2D eigenvalue weighted by molar-refractivity contribution is -0.135. The molecule has 0 unspecified atom stereocenters. The Kier molecular flexibility index (Phi) is 12.5. The molecule has 14 nitrogen and oxygen atoms in total. The van der Waals surface area contributed by atoms with Gasteiger partial charge in [0.2, 0.25) is 5.91 Å². The molecule has 0 aliphatic carbocycles. The number of likely N-dealkylation sites (tertiary alicyclic amines) is 2. The van der Waals surface area contributed by atoms with Crippen LogP contribution in [0.25, 0.3) is 11.0 Å². The number of hydrogen-bond donors (Lipinski definition) is 4. The van der Waals surface area contributed by atoms with E-state index in [-0.39, 0.29) is 36.3 Å². The summed E-state index contributed by atoms with van der Waals surface area (Å²) in [5.41, 5.74) is 4.76. The number of rotatable bonds is 10. The Morgan fingerprint density at radius 3 is 1.92 bits per heavy atom. The number of nitrogens with zero attached hydrogens (tertiary/aromatic N) is 3. The van der Waals surface area contributed by atoms with Crippen molar-refractivity contribution < 1.29 is 33.4 Å². The molecule has 0 radical (unpaired) electrons. The molecular weight excluding hydrogens is 751 g/mol. The van der Waals surface area contributed by atoms with Crippen molar-refractivity contribution in [2.75, 3.05) is 33.9 Å². The standard InChI is InChI=1S/C45H45N7O7/c1-58-44(56)49-38(31-11-5-3-6-12-31)42(54)51-25-9-15-34(51)28-46-41(53)33-22-19-29(20-23-33)17-18-30-21-24-35-36(27-30)48-40(47-35)37-16-10-26-52(37)43(55)39(50-45(57)59-2)32-13-7-4-8-14-32/h3-8,11-14,19-24,27,34,37-39H,9-10,15-16,25-26,28H2,1-2H3,(H,46,53)(H,47,48)(H,49,56)(H,50,57)/t34-,37-,38+,39+/m0/s1. The summed E-state index contributed by atoms with van der Waals surface area (Å²) in [6, 6.07) is 28.4. The summed E-state index contributed by atoms with van der Waals surface area (Å²) in [6.07, 6.45) is 1.61. The van der Waals surface area contributed by atoms with Gasteiger partial charge in [0.25, 0.3) is 11.8 Å². The molecule has 59 heavy (non-hydrogen) atoms. The minimum absolute atomic E-state index is 0.229. The fraction of sp³-hybridized carbons (Fsp3) is 0.289. The van der Waals surface area contributed by atoms with Crippen LogP contribution in [0, 0.1) is 11.8 Å². The summed E-state index contributed by atoms with van der Waals surface area (Å²) in [7, 11) is 2.52. The van der Waals surface area contributed by atoms with Gasteiger partial charge in [-0.2, -0.15) is 0 Å². The van der Waals surface area contributed by atoms with Crippen molar-refractivity contribution in [3.05, 3.63) is 137 Å². The van der Waals surface area contributed by atoms with E-state index in [1.54, 1.807) is 70.5 Å². The molecule has 0 saturated carbocycles. The highest BCUT2D eigenvalue weighted by Gasteiger charge is 2.38. The zero-order chi connectivity index (χ0) is 41.3. The van der Waals surface area contributed by atoms with Gasteiger partial charge in [-0.05, 0) is 79.3 Å². The summed E-state index contributed by atoms with van der Waals surface area (Å²) >= 11 is 0. The monoisotopic (exact) mass is 795 g/mol. The SMILES string of the molecule is COC(=O)N[C@@H](C(=O)N1CCC[C@H]1CNC(=O)c1ccc(C#Cc2ccc3nc([C@@H]4CCCN4C(=O)[C@H](NC(=O)OC)c4ccccc4)[nH]c3c2)cc1)c1ccccc1. The molecule has 5 amide bonds. The average molecular weight is 796 g/mol. The number of imidazole rings is 1. The van der Waals surface area contributed by atoms with E-state index in [9.17, 15) is 24.0 Å². The first-order valence-corrected chi connectivity index (χ1v) is 19.5. The summed E-state index contributed by atoms with van der Waals surface area (Å²) in [4.78, 5) is 76.7. The zero-order valence-corrected chi connectivity index (χ0v) is 32.8. The van der Waals surface area contributed by atoms with Crippen molar-refractivity contribution >= 4 is 40.9 Å². The van der Waals surface area contributed by atoms with Crippen LogP contribution in [-0.2, 0) is 19.1 Å². The highest BCUT2D eigenvalue weighted by Crippen LogP contribution is 2.34. The number of carbonyl (C=O) groups excluding carboxylic acids is 5. The van der Waals surface area contributed by atoms with Crippen LogP contribution >= 0.6 is 0 Å². The Balaban J connectivity index is 0.974. The number of amides is 5. The third-order valence-electron chi connectivity index (χ3n) is 10.7. The van der Waals surface area contributed by atoms with Crippen LogP contribution in [0.4, 0.5) is 9.59 Å². The maximum absolute atomic E-state index is 13.9. The van der Waals surface area contributed by atoms with E-state index < -0.39 is 24.3 Å². The molecule has 4 aromatic carbocycles. The van der Waals surface area contributed by atoms with E-state index in [2.05, 4.69) is 32.8 Å². The predicted molar refractivity (Wildman–Crippen MR) is 219 cm³/mol. The first-order valence-electron chi connectivity index (χ1n) is 19.5. The Morgan fingerprint density at radius 1 is 0.729 bits per heavy atom. The minimum Gasteiger partial charge on any atom is -0.453 e. The Morgan fingerprint density at radius 2 is 1.29 bits per heavy atom. The first-order chi connectivity index (χ1) is 28.7. The number of methoxy groups -OCH3 is 2. The number of carbonyl (C=O) groups is 5. The van der Waals surface area contributed by atoms with Gasteiger partial charge in [0.1, 0.15) is 17.9 Å². The molecule has 2 aliphatic heterocycles. The fourth-order valence-corrected chi connectivity index (χ4v) is 7.63. The van der Waals surface area contributed by atoms with Crippen molar-refractivity contribution in [2.45, 2.75) is 49.9 Å². The summed E-state index contributed by atoms with van der Waals surface area (Å²) < 4.78 is 9.58. The maximum atomic E-state index is 13.9. The quantitative estimate of drug-likeness (QED) is 0.133. The second-order valence-corrected chi connectivity index (χ2v) is 14.4. The molecule has 0 bridgehead atoms. The topological polar surface area (TPSA) is 175 Å². The van der Waals surface area contributed by atoms with Gasteiger partial charge in [0.05, 0.1) is 31.3 Å². The Labute approximate surface area is 341 Å². The molecular formula is C45H45N7O7. The van der Waals surface area contributed by atoms with Gasteiger partial charge in [-0.3, -0.25) is 14.4 Å². The highest BCUT2D eigenvalue weighted by atomic mass is 16.5. The predicted octanol–water partition coefficient (Wildman–Crippen LogP) is 5.54. The average Bonchev–Trinajstić information content (AvgIpc) is 4.06. The molecule has 1 aromatic heterocycles. The molecule has 302 valence electrons. The number of alkyl carbamates (subject to hydrolysis) is 2. The molecule has 2 saturated heterocycles. The molecule has 3 heterocycles. The lowest BCUT2D eigenvalue weighted by Crippen LogP contribution is -2.48. The van der Waals surface area contributed by atoms with E-state index in [0.717, 1.165) is 47.8 Å². The van der Waals surface area contributed by atoms with Crippen LogP contribution in [0.15, 0.2) is 103 Å². The number of aromatic amines is 1. The molecule has 0 spiro atoms. The highest BCUT2D eigenvalue weighted by molar-refractivity contribution is 5.94. The van der Waals surface area contributed by atoms with Crippen molar-refractivity contribution in [2.24, 2.45) is 0 Å². The van der Waals surface area contributed by atoms with Crippen LogP contribution in [0.1, 0.15) is 82.2 Å². The third kappa shape index (κ3) is 9.37. The smallest absolute Gasteiger partial charge is 0.407 e. The van der Waals surface area contributed by atoms with Crippen LogP contribution in [0.5, 0.6) is 0 Å². The van der Waals surface area contributed by atoms with E-state index >= 15 is 0 Å². The normalized spacial score (nSPS) is 17.0. The van der Waals surface area contributed by atoms with Gasteiger partial charge in [-0.25, -0.2) is 14.6 Å². The van der Waals surface area contributed by atoms with E-state index in [4.69, 9.17) is 14.5 Å². The van der Waals surface area contributed by atoms with Gasteiger partial charge in [-0.1, -0.05) is 72.5 Å². The van der Waals surface area contributed by atoms with Gasteiger partial charge in [0, 0.05) is 42.4 Å². The Hall–Kier alpha value is -7.14. The summed E-state index contributed by atoms with van der Waals surface area (Å²) in [6.45, 7) is 1.30. The van der Waals surface area contributed by atoms with Crippen molar-refractivity contribution in [3.8, 4) is 11.8 Å². The van der Waals surface area contributed by atoms with Crippen molar-refractivity contribution in [3.63, 3.8) is 0 Å². The summed E-state index contributed by atoms with van der Waals surface area (Å²) in [5.74, 6) is 6.25. The molecule has 4 N–H and O–H groups in total. The van der Waals surface area contributed by atoms with E-state index in [1.807, 2.05) is 42.5 Å². The molecule has 4 atom stereocenters. The lowest BCUT2D eigenvalue weighted by atomic mass is 10.1. The minimum atomic E-state index is -0.912. The van der Waals surface area contributed by atoms with Gasteiger partial charge in [0.15, 0.2) is 0 Å². The molecule has 2 fully saturated rings. The summed E-state index contributed by atoms with van der Waals surface area (Å²) in [5, 5.41) is 8.32. The number of aromatic nitrogens is 2. The molecule has 2 aliphatic rings. The number of fused-ring (bicyclic) bond motifs is 1. The van der Waals surface area contributed by atoms with E-state index in [1.165, 1.54) is 14.2 Å². The number of ether oxygens (including phenoxy) is 2. The molecule has 7 rings (SSSR count). The second kappa shape index (κ2) is 18.4. The van der Waals surface area contributed by atoms with Crippen LogP contribution in [0.2, 0.25) is 0 Å². The number of hydrogen-bond acceptors (Lipinski definition) is 8. The first kappa shape index (κ1) is 40.1. The van der Waals surface area contributed by atoms with Crippen LogP contribution in [0.3, 0.4) is 0 Å². The fourth-order valence-electron chi connectivity index (χ4n) is 7.63. The van der Waals surface area contributed by atoms with Crippen molar-refractivity contribution in [1.29, 1.82) is 0 Å². The van der Waals surface area contributed by atoms with Crippen LogP contribution in [-0.4, -0.2) is 89.6 Å². The molecule has 5 aromatic rings. The zero-order valence-electron chi connectivity index (χ0n) is 32.8. The lowest BCUT2D eigenvalue weighted by Gasteiger charge is -2.29.